The normalized spacial score (nSPS) is 23.9. The quantitative estimate of drug-likeness (QED) is 0.737. The van der Waals surface area contributed by atoms with Crippen LogP contribution in [0.3, 0.4) is 0 Å². The number of nitrogens with zero attached hydrogens (tertiary/aromatic N) is 3. The lowest BCUT2D eigenvalue weighted by Gasteiger charge is -2.37. The van der Waals surface area contributed by atoms with Crippen LogP contribution in [0.15, 0.2) is 15.5 Å². The standard InChI is InChI=1S/C15H27N3O2S2/c1-15(2,3)20-14(19)17(4)12-6-8-18(9-7-12)11-13-10-16-22(5)21-13/h10,12H,6-9,11H2,1-5H3. The van der Waals surface area contributed by atoms with Crippen LogP contribution in [0, 0.1) is 0 Å². The molecule has 1 saturated heterocycles. The van der Waals surface area contributed by atoms with E-state index >= 15 is 0 Å². The van der Waals surface area contributed by atoms with Crippen LogP contribution < -0.4 is 0 Å². The molecule has 126 valence electrons. The van der Waals surface area contributed by atoms with E-state index in [9.17, 15) is 4.79 Å². The fourth-order valence-corrected chi connectivity index (χ4v) is 5.07. The Kier molecular flexibility index (Phi) is 5.96. The number of piperidine rings is 1. The Morgan fingerprint density at radius 3 is 2.64 bits per heavy atom. The van der Waals surface area contributed by atoms with Crippen molar-refractivity contribution < 1.29 is 9.53 Å². The van der Waals surface area contributed by atoms with Gasteiger partial charge in [0.1, 0.15) is 5.60 Å². The van der Waals surface area contributed by atoms with Gasteiger partial charge >= 0.3 is 6.09 Å². The molecule has 0 aromatic rings. The van der Waals surface area contributed by atoms with Gasteiger partial charge in [0.2, 0.25) is 0 Å². The lowest BCUT2D eigenvalue weighted by Crippen LogP contribution is -2.47. The lowest BCUT2D eigenvalue weighted by atomic mass is 10.0. The molecule has 22 heavy (non-hydrogen) atoms. The molecule has 2 heterocycles. The number of rotatable bonds is 3. The van der Waals surface area contributed by atoms with Crippen LogP contribution in [0.25, 0.3) is 0 Å². The number of ether oxygens (including phenoxy) is 1. The van der Waals surface area contributed by atoms with E-state index in [1.165, 1.54) is 4.91 Å². The van der Waals surface area contributed by atoms with Crippen LogP contribution in [-0.4, -0.2) is 60.5 Å². The molecule has 0 bridgehead atoms. The summed E-state index contributed by atoms with van der Waals surface area (Å²) in [4.78, 5) is 17.7. The Balaban J connectivity index is 1.76. The molecule has 0 spiro atoms. The van der Waals surface area contributed by atoms with E-state index in [1.54, 1.807) is 4.90 Å². The summed E-state index contributed by atoms with van der Waals surface area (Å²) in [6.07, 6.45) is 5.96. The van der Waals surface area contributed by atoms with E-state index in [0.29, 0.717) is 0 Å². The Morgan fingerprint density at radius 2 is 2.14 bits per heavy atom. The van der Waals surface area contributed by atoms with Crippen molar-refractivity contribution in [1.29, 1.82) is 0 Å². The third kappa shape index (κ3) is 5.28. The monoisotopic (exact) mass is 345 g/mol. The maximum atomic E-state index is 12.1. The maximum Gasteiger partial charge on any atom is 0.410 e. The average Bonchev–Trinajstić information content (AvgIpc) is 2.82. The highest BCUT2D eigenvalue weighted by Crippen LogP contribution is 2.28. The fourth-order valence-electron chi connectivity index (χ4n) is 2.57. The van der Waals surface area contributed by atoms with Gasteiger partial charge in [0, 0.05) is 50.1 Å². The molecule has 5 nitrogen and oxygen atoms in total. The molecule has 2 aliphatic rings. The predicted molar refractivity (Wildman–Crippen MR) is 94.9 cm³/mol. The third-order valence-corrected chi connectivity index (χ3v) is 6.45. The van der Waals surface area contributed by atoms with E-state index in [-0.39, 0.29) is 21.9 Å². The summed E-state index contributed by atoms with van der Waals surface area (Å²) < 4.78 is 9.86. The molecule has 0 aliphatic carbocycles. The molecule has 0 aromatic carbocycles. The second-order valence-electron chi connectivity index (χ2n) is 6.81. The van der Waals surface area contributed by atoms with Crippen molar-refractivity contribution in [3.05, 3.63) is 11.1 Å². The van der Waals surface area contributed by atoms with Gasteiger partial charge in [0.25, 0.3) is 0 Å². The third-order valence-electron chi connectivity index (χ3n) is 3.74. The molecule has 1 unspecified atom stereocenters. The molecule has 0 radical (unpaired) electrons. The number of hydrogen-bond acceptors (Lipinski definition) is 5. The van der Waals surface area contributed by atoms with Gasteiger partial charge < -0.3 is 9.64 Å². The van der Waals surface area contributed by atoms with E-state index in [0.717, 1.165) is 32.5 Å². The van der Waals surface area contributed by atoms with E-state index < -0.39 is 5.60 Å². The topological polar surface area (TPSA) is 45.1 Å². The summed E-state index contributed by atoms with van der Waals surface area (Å²) in [5, 5.41) is 0. The first-order valence-corrected chi connectivity index (χ1v) is 10.6. The summed E-state index contributed by atoms with van der Waals surface area (Å²) in [6.45, 7) is 8.75. The van der Waals surface area contributed by atoms with Gasteiger partial charge in [-0.1, -0.05) is 0 Å². The number of amides is 1. The SMILES string of the molecule is CN(C(=O)OC(C)(C)C)C1CCN(CC2=CN=S(C)S2)CC1. The molecular weight excluding hydrogens is 318 g/mol. The van der Waals surface area contributed by atoms with Crippen LogP contribution in [0.4, 0.5) is 4.79 Å². The highest BCUT2D eigenvalue weighted by atomic mass is 33.1. The van der Waals surface area contributed by atoms with Crippen molar-refractivity contribution in [2.75, 3.05) is 32.9 Å². The first-order chi connectivity index (χ1) is 10.2. The van der Waals surface area contributed by atoms with Gasteiger partial charge in [-0.3, -0.25) is 4.90 Å². The van der Waals surface area contributed by atoms with E-state index in [4.69, 9.17) is 4.74 Å². The Labute approximate surface area is 139 Å². The molecule has 7 heteroatoms. The maximum absolute atomic E-state index is 12.1. The molecule has 1 atom stereocenters. The van der Waals surface area contributed by atoms with Crippen molar-refractivity contribution >= 4 is 26.6 Å². The van der Waals surface area contributed by atoms with Crippen molar-refractivity contribution in [1.82, 2.24) is 9.80 Å². The summed E-state index contributed by atoms with van der Waals surface area (Å²) in [6, 6.07) is 0.279. The lowest BCUT2D eigenvalue weighted by molar-refractivity contribution is 0.0157. The fraction of sp³-hybridized carbons (Fsp3) is 0.800. The Hall–Kier alpha value is -0.530. The van der Waals surface area contributed by atoms with Crippen LogP contribution >= 0.6 is 10.8 Å². The summed E-state index contributed by atoms with van der Waals surface area (Å²) in [5.74, 6) is 0. The Morgan fingerprint density at radius 1 is 1.50 bits per heavy atom. The molecule has 1 fully saturated rings. The van der Waals surface area contributed by atoms with Crippen LogP contribution in [0.5, 0.6) is 0 Å². The second kappa shape index (κ2) is 7.36. The van der Waals surface area contributed by atoms with Crippen LogP contribution in [0.1, 0.15) is 33.6 Å². The van der Waals surface area contributed by atoms with Crippen LogP contribution in [0.2, 0.25) is 0 Å². The predicted octanol–water partition coefficient (Wildman–Crippen LogP) is 3.25. The second-order valence-corrected chi connectivity index (χ2v) is 10.5. The zero-order valence-electron chi connectivity index (χ0n) is 14.2. The molecule has 2 aliphatic heterocycles. The van der Waals surface area contributed by atoms with Gasteiger partial charge in [0.05, 0.1) is 0 Å². The van der Waals surface area contributed by atoms with Gasteiger partial charge in [0.15, 0.2) is 0 Å². The molecule has 0 aromatic heterocycles. The first-order valence-electron chi connectivity index (χ1n) is 7.67. The minimum absolute atomic E-state index is 0.115. The molecule has 2 rings (SSSR count). The summed E-state index contributed by atoms with van der Waals surface area (Å²) in [5.41, 5.74) is -0.431. The smallest absolute Gasteiger partial charge is 0.410 e. The Bertz CT molecular complexity index is 478. The number of carbonyl (C=O) groups excluding carboxylic acids is 1. The number of hydrogen-bond donors (Lipinski definition) is 0. The van der Waals surface area contributed by atoms with Gasteiger partial charge in [-0.25, -0.2) is 9.16 Å². The number of likely N-dealkylation sites (tertiary alicyclic amines) is 1. The molecule has 0 saturated carbocycles. The zero-order valence-corrected chi connectivity index (χ0v) is 15.8. The number of carbonyl (C=O) groups is 1. The van der Waals surface area contributed by atoms with E-state index in [2.05, 4.69) is 15.5 Å². The molecule has 1 amide bonds. The van der Waals surface area contributed by atoms with Gasteiger partial charge in [-0.2, -0.15) is 0 Å². The minimum Gasteiger partial charge on any atom is -0.444 e. The van der Waals surface area contributed by atoms with Gasteiger partial charge in [-0.15, -0.1) is 0 Å². The highest BCUT2D eigenvalue weighted by Gasteiger charge is 2.28. The molecule has 0 N–H and O–H groups in total. The molecular formula is C15H27N3O2S2. The summed E-state index contributed by atoms with van der Waals surface area (Å²) in [7, 11) is 3.84. The minimum atomic E-state index is -0.431. The first kappa shape index (κ1) is 17.8. The largest absolute Gasteiger partial charge is 0.444 e. The van der Waals surface area contributed by atoms with E-state index in [1.807, 2.05) is 44.8 Å². The summed E-state index contributed by atoms with van der Waals surface area (Å²) >= 11 is 0. The van der Waals surface area contributed by atoms with Crippen molar-refractivity contribution in [2.24, 2.45) is 4.36 Å². The zero-order chi connectivity index (χ0) is 16.3. The van der Waals surface area contributed by atoms with Gasteiger partial charge in [-0.05, 0) is 54.1 Å². The van der Waals surface area contributed by atoms with Crippen molar-refractivity contribution in [2.45, 2.75) is 45.3 Å². The van der Waals surface area contributed by atoms with Crippen molar-refractivity contribution in [3.8, 4) is 0 Å². The van der Waals surface area contributed by atoms with Crippen molar-refractivity contribution in [3.63, 3.8) is 0 Å². The highest BCUT2D eigenvalue weighted by molar-refractivity contribution is 8.71. The average molecular weight is 346 g/mol. The van der Waals surface area contributed by atoms with Crippen LogP contribution in [-0.2, 0) is 14.5 Å².